The van der Waals surface area contributed by atoms with Crippen LogP contribution in [0.4, 0.5) is 0 Å². The molecule has 4 rings (SSSR count). The summed E-state index contributed by atoms with van der Waals surface area (Å²) in [4.78, 5) is 28.8. The first-order chi connectivity index (χ1) is 15.6. The number of rotatable bonds is 7. The van der Waals surface area contributed by atoms with Crippen LogP contribution in [0.25, 0.3) is 0 Å². The number of para-hydroxylation sites is 1. The van der Waals surface area contributed by atoms with E-state index in [0.29, 0.717) is 36.0 Å². The molecule has 0 saturated carbocycles. The minimum Gasteiger partial charge on any atom is -0.493 e. The van der Waals surface area contributed by atoms with Crippen LogP contribution in [0, 0.1) is 5.92 Å². The molecule has 1 aliphatic heterocycles. The smallest absolute Gasteiger partial charge is 0.263 e. The number of carbonyl (C=O) groups excluding carboxylic acids is 2. The fourth-order valence-corrected chi connectivity index (χ4v) is 4.92. The Kier molecular flexibility index (Phi) is 6.75. The van der Waals surface area contributed by atoms with Crippen molar-refractivity contribution >= 4 is 23.2 Å². The average molecular weight is 451 g/mol. The van der Waals surface area contributed by atoms with Crippen molar-refractivity contribution < 1.29 is 19.1 Å². The lowest BCUT2D eigenvalue weighted by atomic mass is 9.87. The van der Waals surface area contributed by atoms with Crippen LogP contribution in [-0.4, -0.2) is 44.0 Å². The first-order valence-corrected chi connectivity index (χ1v) is 11.4. The Morgan fingerprint density at radius 2 is 1.81 bits per heavy atom. The summed E-state index contributed by atoms with van der Waals surface area (Å²) in [5, 5.41) is 4.94. The summed E-state index contributed by atoms with van der Waals surface area (Å²) in [7, 11) is 3.18. The normalized spacial score (nSPS) is 17.8. The highest BCUT2D eigenvalue weighted by Crippen LogP contribution is 2.42. The van der Waals surface area contributed by atoms with Crippen LogP contribution in [0.2, 0.25) is 0 Å². The topological polar surface area (TPSA) is 67.9 Å². The third-order valence-corrected chi connectivity index (χ3v) is 6.68. The van der Waals surface area contributed by atoms with Crippen LogP contribution in [-0.2, 0) is 11.3 Å². The molecular weight excluding hydrogens is 424 g/mol. The summed E-state index contributed by atoms with van der Waals surface area (Å²) in [5.74, 6) is 0.474. The molecule has 32 heavy (non-hydrogen) atoms. The van der Waals surface area contributed by atoms with Gasteiger partial charge in [-0.05, 0) is 23.1 Å². The van der Waals surface area contributed by atoms with Gasteiger partial charge in [-0.2, -0.15) is 0 Å². The van der Waals surface area contributed by atoms with Gasteiger partial charge in [0, 0.05) is 31.1 Å². The largest absolute Gasteiger partial charge is 0.493 e. The van der Waals surface area contributed by atoms with Crippen molar-refractivity contribution in [3.8, 4) is 11.5 Å². The second-order valence-corrected chi connectivity index (χ2v) is 8.63. The fraction of sp³-hybridized carbons (Fsp3) is 0.280. The zero-order chi connectivity index (χ0) is 22.5. The lowest BCUT2D eigenvalue weighted by Crippen LogP contribution is -2.35. The van der Waals surface area contributed by atoms with Gasteiger partial charge in [-0.1, -0.05) is 48.5 Å². The van der Waals surface area contributed by atoms with E-state index in [2.05, 4.69) is 5.32 Å². The quantitative estimate of drug-likeness (QED) is 0.592. The molecule has 2 aromatic carbocycles. The Morgan fingerprint density at radius 1 is 1.00 bits per heavy atom. The molecule has 1 N–H and O–H groups in total. The third-order valence-electron chi connectivity index (χ3n) is 5.82. The van der Waals surface area contributed by atoms with Gasteiger partial charge in [0.15, 0.2) is 11.5 Å². The third kappa shape index (κ3) is 4.48. The minimum absolute atomic E-state index is 0.0507. The predicted molar refractivity (Wildman–Crippen MR) is 124 cm³/mol. The molecule has 0 bridgehead atoms. The summed E-state index contributed by atoms with van der Waals surface area (Å²) >= 11 is 1.41. The van der Waals surface area contributed by atoms with E-state index in [1.807, 2.05) is 66.0 Å². The van der Waals surface area contributed by atoms with Crippen LogP contribution in [0.3, 0.4) is 0 Å². The lowest BCUT2D eigenvalue weighted by Gasteiger charge is -2.21. The number of ether oxygens (including phenoxy) is 2. The molecule has 1 aromatic heterocycles. The molecule has 1 saturated heterocycles. The molecule has 3 aromatic rings. The minimum atomic E-state index is -0.399. The number of hydrogen-bond acceptors (Lipinski definition) is 5. The van der Waals surface area contributed by atoms with E-state index in [4.69, 9.17) is 9.47 Å². The SMILES string of the molecule is COc1cccc([C@H]2CN(C(=O)c3cccs3)C[C@@H]2C(=O)NCc2ccccc2)c1OC. The van der Waals surface area contributed by atoms with E-state index in [1.54, 1.807) is 19.1 Å². The van der Waals surface area contributed by atoms with E-state index in [-0.39, 0.29) is 17.7 Å². The summed E-state index contributed by atoms with van der Waals surface area (Å²) in [6, 6.07) is 19.1. The lowest BCUT2D eigenvalue weighted by molar-refractivity contribution is -0.125. The van der Waals surface area contributed by atoms with Gasteiger partial charge < -0.3 is 19.7 Å². The van der Waals surface area contributed by atoms with Crippen molar-refractivity contribution in [2.24, 2.45) is 5.92 Å². The first kappa shape index (κ1) is 21.9. The number of thiophene rings is 1. The molecule has 0 radical (unpaired) electrons. The van der Waals surface area contributed by atoms with Gasteiger partial charge in [-0.15, -0.1) is 11.3 Å². The molecule has 1 aliphatic rings. The Bertz CT molecular complexity index is 1070. The summed E-state index contributed by atoms with van der Waals surface area (Å²) < 4.78 is 11.1. The number of hydrogen-bond donors (Lipinski definition) is 1. The predicted octanol–water partition coefficient (Wildman–Crippen LogP) is 3.94. The first-order valence-electron chi connectivity index (χ1n) is 10.5. The average Bonchev–Trinajstić information content (AvgIpc) is 3.53. The standard InChI is InChI=1S/C25H26N2O4S/c1-30-21-11-6-10-18(23(21)31-2)19-15-27(25(29)22-12-7-13-32-22)16-20(19)24(28)26-14-17-8-4-3-5-9-17/h3-13,19-20H,14-16H2,1-2H3,(H,26,28)/t19-,20+/m1/s1. The Balaban J connectivity index is 1.62. The van der Waals surface area contributed by atoms with Gasteiger partial charge in [0.05, 0.1) is 25.0 Å². The van der Waals surface area contributed by atoms with Crippen molar-refractivity contribution in [2.75, 3.05) is 27.3 Å². The van der Waals surface area contributed by atoms with Crippen molar-refractivity contribution in [2.45, 2.75) is 12.5 Å². The van der Waals surface area contributed by atoms with Gasteiger partial charge >= 0.3 is 0 Å². The van der Waals surface area contributed by atoms with Crippen LogP contribution in [0.1, 0.15) is 26.7 Å². The van der Waals surface area contributed by atoms with Gasteiger partial charge in [0.25, 0.3) is 5.91 Å². The fourth-order valence-electron chi connectivity index (χ4n) is 4.23. The molecule has 2 atom stereocenters. The van der Waals surface area contributed by atoms with E-state index in [9.17, 15) is 9.59 Å². The number of carbonyl (C=O) groups is 2. The summed E-state index contributed by atoms with van der Waals surface area (Å²) in [6.45, 7) is 1.23. The van der Waals surface area contributed by atoms with Gasteiger partial charge in [0.2, 0.25) is 5.91 Å². The second kappa shape index (κ2) is 9.87. The number of likely N-dealkylation sites (tertiary alicyclic amines) is 1. The van der Waals surface area contributed by atoms with E-state index in [0.717, 1.165) is 11.1 Å². The molecule has 7 heteroatoms. The number of benzene rings is 2. The highest BCUT2D eigenvalue weighted by atomic mass is 32.1. The zero-order valence-corrected chi connectivity index (χ0v) is 18.9. The number of amides is 2. The van der Waals surface area contributed by atoms with Crippen molar-refractivity contribution in [3.05, 3.63) is 82.0 Å². The van der Waals surface area contributed by atoms with E-state index < -0.39 is 5.92 Å². The van der Waals surface area contributed by atoms with Crippen LogP contribution < -0.4 is 14.8 Å². The molecule has 166 valence electrons. The van der Waals surface area contributed by atoms with E-state index >= 15 is 0 Å². The van der Waals surface area contributed by atoms with Gasteiger partial charge in [-0.25, -0.2) is 0 Å². The highest BCUT2D eigenvalue weighted by Gasteiger charge is 2.42. The maximum Gasteiger partial charge on any atom is 0.263 e. The monoisotopic (exact) mass is 450 g/mol. The molecule has 2 amide bonds. The van der Waals surface area contributed by atoms with Crippen molar-refractivity contribution in [3.63, 3.8) is 0 Å². The zero-order valence-electron chi connectivity index (χ0n) is 18.1. The van der Waals surface area contributed by atoms with Crippen molar-refractivity contribution in [1.29, 1.82) is 0 Å². The molecule has 6 nitrogen and oxygen atoms in total. The molecule has 0 unspecified atom stereocenters. The number of nitrogens with zero attached hydrogens (tertiary/aromatic N) is 1. The van der Waals surface area contributed by atoms with Crippen molar-refractivity contribution in [1.82, 2.24) is 10.2 Å². The number of methoxy groups -OCH3 is 2. The second-order valence-electron chi connectivity index (χ2n) is 7.69. The Morgan fingerprint density at radius 3 is 2.50 bits per heavy atom. The highest BCUT2D eigenvalue weighted by molar-refractivity contribution is 7.12. The number of nitrogens with one attached hydrogen (secondary N) is 1. The molecule has 0 spiro atoms. The van der Waals surface area contributed by atoms with Gasteiger partial charge in [-0.3, -0.25) is 9.59 Å². The summed E-state index contributed by atoms with van der Waals surface area (Å²) in [6.07, 6.45) is 0. The Labute approximate surface area is 191 Å². The van der Waals surface area contributed by atoms with Gasteiger partial charge in [0.1, 0.15) is 0 Å². The van der Waals surface area contributed by atoms with Crippen LogP contribution in [0.5, 0.6) is 11.5 Å². The maximum absolute atomic E-state index is 13.3. The molecule has 0 aliphatic carbocycles. The molecule has 2 heterocycles. The van der Waals surface area contributed by atoms with E-state index in [1.165, 1.54) is 11.3 Å². The molecule has 1 fully saturated rings. The maximum atomic E-state index is 13.3. The summed E-state index contributed by atoms with van der Waals surface area (Å²) in [5.41, 5.74) is 1.90. The Hall–Kier alpha value is -3.32. The molecular formula is C25H26N2O4S. The van der Waals surface area contributed by atoms with Crippen LogP contribution >= 0.6 is 11.3 Å². The van der Waals surface area contributed by atoms with Crippen LogP contribution in [0.15, 0.2) is 66.0 Å².